The van der Waals surface area contributed by atoms with Crippen LogP contribution in [0.1, 0.15) is 25.0 Å². The first-order valence-electron chi connectivity index (χ1n) is 6.20. The monoisotopic (exact) mass is 218 g/mol. The lowest BCUT2D eigenvalue weighted by atomic mass is 10.1. The average Bonchev–Trinajstić information content (AvgIpc) is 2.65. The van der Waals surface area contributed by atoms with Crippen molar-refractivity contribution in [2.45, 2.75) is 26.8 Å². The van der Waals surface area contributed by atoms with Gasteiger partial charge in [0.15, 0.2) is 0 Å². The number of para-hydroxylation sites is 1. The molecule has 1 aromatic carbocycles. The van der Waals surface area contributed by atoms with Gasteiger partial charge in [0.25, 0.3) is 0 Å². The lowest BCUT2D eigenvalue weighted by Crippen LogP contribution is -2.23. The number of rotatable bonds is 4. The molecule has 0 saturated heterocycles. The molecule has 2 heteroatoms. The second-order valence-corrected chi connectivity index (χ2v) is 5.22. The summed E-state index contributed by atoms with van der Waals surface area (Å²) in [5.74, 6) is 0.731. The van der Waals surface area contributed by atoms with Crippen LogP contribution in [0.3, 0.4) is 0 Å². The Balaban J connectivity index is 2.07. The van der Waals surface area contributed by atoms with E-state index in [1.165, 1.54) is 23.2 Å². The fourth-order valence-electron chi connectivity index (χ4n) is 2.52. The summed E-state index contributed by atoms with van der Waals surface area (Å²) in [6.07, 6.45) is 1.18. The second-order valence-electron chi connectivity index (χ2n) is 5.22. The van der Waals surface area contributed by atoms with Crippen LogP contribution in [0, 0.1) is 5.92 Å². The van der Waals surface area contributed by atoms with E-state index < -0.39 is 0 Å². The molecule has 16 heavy (non-hydrogen) atoms. The molecule has 0 radical (unpaired) electrons. The molecule has 0 fully saturated rings. The summed E-state index contributed by atoms with van der Waals surface area (Å²) in [5, 5.41) is 3.50. The first-order chi connectivity index (χ1) is 7.66. The predicted octanol–water partition coefficient (Wildman–Crippen LogP) is 2.74. The Hall–Kier alpha value is -1.02. The van der Waals surface area contributed by atoms with Crippen LogP contribution in [0.25, 0.3) is 0 Å². The van der Waals surface area contributed by atoms with Crippen molar-refractivity contribution in [3.8, 4) is 0 Å². The number of nitrogens with zero attached hydrogens (tertiary/aromatic N) is 1. The quantitative estimate of drug-likeness (QED) is 0.836. The summed E-state index contributed by atoms with van der Waals surface area (Å²) < 4.78 is 0. The van der Waals surface area contributed by atoms with Gasteiger partial charge in [-0.25, -0.2) is 0 Å². The van der Waals surface area contributed by atoms with Crippen molar-refractivity contribution in [2.75, 3.05) is 25.5 Å². The molecular formula is C14H22N2. The average molecular weight is 218 g/mol. The maximum atomic E-state index is 3.50. The minimum atomic E-state index is 0.731. The van der Waals surface area contributed by atoms with E-state index in [0.29, 0.717) is 0 Å². The third kappa shape index (κ3) is 2.56. The molecule has 2 nitrogen and oxygen atoms in total. The van der Waals surface area contributed by atoms with Gasteiger partial charge in [-0.2, -0.15) is 0 Å². The van der Waals surface area contributed by atoms with Gasteiger partial charge in [0, 0.05) is 25.3 Å². The van der Waals surface area contributed by atoms with Gasteiger partial charge >= 0.3 is 0 Å². The molecule has 0 amide bonds. The van der Waals surface area contributed by atoms with Crippen LogP contribution in [0.4, 0.5) is 5.69 Å². The summed E-state index contributed by atoms with van der Waals surface area (Å²) in [5.41, 5.74) is 4.31. The van der Waals surface area contributed by atoms with Crippen LogP contribution >= 0.6 is 0 Å². The van der Waals surface area contributed by atoms with E-state index in [4.69, 9.17) is 0 Å². The van der Waals surface area contributed by atoms with E-state index in [-0.39, 0.29) is 0 Å². The first kappa shape index (κ1) is 11.5. The van der Waals surface area contributed by atoms with Gasteiger partial charge < -0.3 is 10.2 Å². The van der Waals surface area contributed by atoms with Gasteiger partial charge in [-0.15, -0.1) is 0 Å². The largest absolute Gasteiger partial charge is 0.384 e. The second kappa shape index (κ2) is 4.88. The minimum absolute atomic E-state index is 0.731. The number of nitrogens with one attached hydrogen (secondary N) is 1. The molecule has 0 aromatic heterocycles. The Morgan fingerprint density at radius 1 is 1.38 bits per heavy atom. The van der Waals surface area contributed by atoms with E-state index in [1.54, 1.807) is 0 Å². The number of anilines is 1. The molecule has 0 saturated carbocycles. The Morgan fingerprint density at radius 2 is 2.19 bits per heavy atom. The Labute approximate surface area is 98.7 Å². The summed E-state index contributed by atoms with van der Waals surface area (Å²) in [6.45, 7) is 7.84. The van der Waals surface area contributed by atoms with E-state index in [2.05, 4.69) is 49.3 Å². The molecule has 0 atom stereocenters. The number of benzene rings is 1. The van der Waals surface area contributed by atoms with Crippen molar-refractivity contribution in [2.24, 2.45) is 5.92 Å². The Morgan fingerprint density at radius 3 is 2.94 bits per heavy atom. The zero-order chi connectivity index (χ0) is 11.5. The fourth-order valence-corrected chi connectivity index (χ4v) is 2.52. The normalized spacial score (nSPS) is 14.3. The maximum Gasteiger partial charge on any atom is 0.0419 e. The summed E-state index contributed by atoms with van der Waals surface area (Å²) >= 11 is 0. The van der Waals surface area contributed by atoms with Crippen LogP contribution in [0.15, 0.2) is 18.2 Å². The fraction of sp³-hybridized carbons (Fsp3) is 0.571. The van der Waals surface area contributed by atoms with Crippen molar-refractivity contribution in [3.05, 3.63) is 29.3 Å². The van der Waals surface area contributed by atoms with E-state index >= 15 is 0 Å². The van der Waals surface area contributed by atoms with Crippen LogP contribution in [-0.4, -0.2) is 25.0 Å². The van der Waals surface area contributed by atoms with Crippen LogP contribution in [0.5, 0.6) is 0 Å². The highest BCUT2D eigenvalue weighted by molar-refractivity contribution is 5.61. The molecular weight excluding hydrogens is 196 g/mol. The van der Waals surface area contributed by atoms with Gasteiger partial charge in [-0.3, -0.25) is 0 Å². The zero-order valence-electron chi connectivity index (χ0n) is 10.6. The van der Waals surface area contributed by atoms with Gasteiger partial charge in [-0.05, 0) is 30.5 Å². The third-order valence-electron chi connectivity index (χ3n) is 3.05. The topological polar surface area (TPSA) is 15.3 Å². The van der Waals surface area contributed by atoms with Gasteiger partial charge in [-0.1, -0.05) is 32.0 Å². The highest BCUT2D eigenvalue weighted by Crippen LogP contribution is 2.27. The maximum absolute atomic E-state index is 3.50. The molecule has 1 N–H and O–H groups in total. The van der Waals surface area contributed by atoms with Crippen LogP contribution < -0.4 is 5.32 Å². The van der Waals surface area contributed by atoms with Gasteiger partial charge in [0.05, 0.1) is 0 Å². The predicted molar refractivity (Wildman–Crippen MR) is 69.8 cm³/mol. The molecule has 88 valence electrons. The molecule has 1 aliphatic rings. The molecule has 0 aliphatic carbocycles. The van der Waals surface area contributed by atoms with Crippen molar-refractivity contribution in [3.63, 3.8) is 0 Å². The summed E-state index contributed by atoms with van der Waals surface area (Å²) in [6, 6.07) is 6.67. The summed E-state index contributed by atoms with van der Waals surface area (Å²) in [4.78, 5) is 2.40. The summed E-state index contributed by atoms with van der Waals surface area (Å²) in [7, 11) is 2.20. The van der Waals surface area contributed by atoms with E-state index in [1.807, 2.05) is 0 Å². The van der Waals surface area contributed by atoms with Crippen molar-refractivity contribution >= 4 is 5.69 Å². The highest BCUT2D eigenvalue weighted by atomic mass is 15.1. The van der Waals surface area contributed by atoms with Gasteiger partial charge in [0.2, 0.25) is 0 Å². The van der Waals surface area contributed by atoms with Crippen LogP contribution in [0.2, 0.25) is 0 Å². The zero-order valence-corrected chi connectivity index (χ0v) is 10.6. The molecule has 1 heterocycles. The van der Waals surface area contributed by atoms with E-state index in [9.17, 15) is 0 Å². The molecule has 1 aliphatic heterocycles. The third-order valence-corrected chi connectivity index (χ3v) is 3.05. The lowest BCUT2D eigenvalue weighted by Gasteiger charge is -2.20. The van der Waals surface area contributed by atoms with Crippen molar-refractivity contribution < 1.29 is 0 Å². The van der Waals surface area contributed by atoms with E-state index in [0.717, 1.165) is 25.6 Å². The van der Waals surface area contributed by atoms with Crippen LogP contribution in [-0.2, 0) is 13.0 Å². The Bertz CT molecular complexity index is 358. The number of fused-ring (bicyclic) bond motifs is 1. The highest BCUT2D eigenvalue weighted by Gasteiger charge is 2.14. The number of hydrogen-bond acceptors (Lipinski definition) is 2. The minimum Gasteiger partial charge on any atom is -0.384 e. The Kier molecular flexibility index (Phi) is 3.49. The molecule has 2 rings (SSSR count). The number of hydrogen-bond donors (Lipinski definition) is 1. The van der Waals surface area contributed by atoms with Crippen molar-refractivity contribution in [1.82, 2.24) is 4.90 Å². The molecule has 0 bridgehead atoms. The molecule has 0 spiro atoms. The molecule has 1 aromatic rings. The first-order valence-corrected chi connectivity index (χ1v) is 6.20. The van der Waals surface area contributed by atoms with Gasteiger partial charge in [0.1, 0.15) is 0 Å². The molecule has 0 unspecified atom stereocenters. The lowest BCUT2D eigenvalue weighted by molar-refractivity contribution is 0.289. The smallest absolute Gasteiger partial charge is 0.0419 e. The standard InChI is InChI=1S/C14H22N2/c1-11(2)9-16(3)10-13-6-4-5-12-7-8-15-14(12)13/h4-6,11,15H,7-10H2,1-3H3. The van der Waals surface area contributed by atoms with Crippen molar-refractivity contribution in [1.29, 1.82) is 0 Å². The SMILES string of the molecule is CC(C)CN(C)Cc1cccc2c1NCC2.